The number of rotatable bonds is 6. The van der Waals surface area contributed by atoms with Gasteiger partial charge < -0.3 is 0 Å². The zero-order chi connectivity index (χ0) is 44.0. The van der Waals surface area contributed by atoms with E-state index < -0.39 is 5.41 Å². The highest BCUT2D eigenvalue weighted by Gasteiger charge is 2.46. The molecule has 2 nitrogen and oxygen atoms in total. The van der Waals surface area contributed by atoms with E-state index in [0.29, 0.717) is 5.82 Å². The molecule has 0 amide bonds. The molecule has 10 aromatic carbocycles. The van der Waals surface area contributed by atoms with E-state index in [1.165, 1.54) is 82.9 Å². The van der Waals surface area contributed by atoms with E-state index in [9.17, 15) is 0 Å². The molecule has 1 heterocycles. The van der Waals surface area contributed by atoms with Crippen LogP contribution in [0.5, 0.6) is 0 Å². The second-order valence-corrected chi connectivity index (χ2v) is 18.4. The summed E-state index contributed by atoms with van der Waals surface area (Å²) in [6, 6.07) is 84.2. The van der Waals surface area contributed by atoms with Gasteiger partial charge in [-0.05, 0) is 100 Å². The Morgan fingerprint density at radius 3 is 1.59 bits per heavy atom. The molecular weight excluding hydrogens is 797 g/mol. The highest BCUT2D eigenvalue weighted by atomic mass is 14.9. The van der Waals surface area contributed by atoms with E-state index in [-0.39, 0.29) is 5.41 Å². The first-order valence-electron chi connectivity index (χ1n) is 23.0. The Hall–Kier alpha value is -8.20. The SMILES string of the molecule is CC1(C)c2c(cccc2-c2ccc(-c3cc(-c4ccc5c(c4)-c4ccccc4C5(c4ccccc4)c4ccccc4)nc(-c4ccccc4)n3)c3ccccc23)-c2ccc3ccccc3c21. The Balaban J connectivity index is 0.994. The minimum atomic E-state index is -0.468. The average molecular weight is 841 g/mol. The van der Waals surface area contributed by atoms with Crippen LogP contribution in [0.1, 0.15) is 47.2 Å². The second kappa shape index (κ2) is 14.7. The summed E-state index contributed by atoms with van der Waals surface area (Å²) < 4.78 is 0. The van der Waals surface area contributed by atoms with Crippen LogP contribution in [0.25, 0.3) is 88.8 Å². The molecular formula is C64H44N2. The Morgan fingerprint density at radius 2 is 0.848 bits per heavy atom. The van der Waals surface area contributed by atoms with Gasteiger partial charge in [0.1, 0.15) is 0 Å². The molecule has 0 radical (unpaired) electrons. The smallest absolute Gasteiger partial charge is 0.160 e. The van der Waals surface area contributed by atoms with E-state index in [4.69, 9.17) is 9.97 Å². The number of hydrogen-bond donors (Lipinski definition) is 0. The topological polar surface area (TPSA) is 25.8 Å². The predicted molar refractivity (Wildman–Crippen MR) is 274 cm³/mol. The molecule has 0 spiro atoms. The van der Waals surface area contributed by atoms with Gasteiger partial charge >= 0.3 is 0 Å². The van der Waals surface area contributed by atoms with Crippen LogP contribution >= 0.6 is 0 Å². The van der Waals surface area contributed by atoms with Gasteiger partial charge in [0.2, 0.25) is 0 Å². The fourth-order valence-electron chi connectivity index (χ4n) is 11.8. The van der Waals surface area contributed by atoms with Crippen molar-refractivity contribution in [3.05, 3.63) is 264 Å². The molecule has 13 rings (SSSR count). The molecule has 0 aliphatic heterocycles. The van der Waals surface area contributed by atoms with E-state index in [0.717, 1.165) is 33.5 Å². The first-order valence-corrected chi connectivity index (χ1v) is 23.0. The van der Waals surface area contributed by atoms with Crippen LogP contribution < -0.4 is 0 Å². The van der Waals surface area contributed by atoms with Crippen molar-refractivity contribution in [2.45, 2.75) is 24.7 Å². The third kappa shape index (κ3) is 5.55. The highest BCUT2D eigenvalue weighted by Crippen LogP contribution is 2.58. The second-order valence-electron chi connectivity index (χ2n) is 18.4. The van der Waals surface area contributed by atoms with Gasteiger partial charge in [0.25, 0.3) is 0 Å². The summed E-state index contributed by atoms with van der Waals surface area (Å²) in [4.78, 5) is 10.8. The van der Waals surface area contributed by atoms with Gasteiger partial charge in [-0.1, -0.05) is 232 Å². The largest absolute Gasteiger partial charge is 0.228 e. The predicted octanol–water partition coefficient (Wildman–Crippen LogP) is 16.1. The standard InChI is InChI=1S/C64H44N2/c1-63(2)60-46-26-13-12-19-41(46)33-35-54(60)53-31-18-30-52(61(53)63)49-36-37-51(48-28-15-14-27-47(48)49)59-40-58(65-62(66-59)42-20-6-3-7-21-42)43-34-38-57-55(39-43)50-29-16-17-32-56(50)64(57,44-22-8-4-9-23-44)45-24-10-5-11-25-45/h3-40H,1-2H3. The Bertz CT molecular complexity index is 3680. The first kappa shape index (κ1) is 38.3. The summed E-state index contributed by atoms with van der Waals surface area (Å²) in [5, 5.41) is 4.97. The normalized spacial score (nSPS) is 13.8. The molecule has 0 unspecified atom stereocenters. The molecule has 11 aromatic rings. The molecule has 2 heteroatoms. The lowest BCUT2D eigenvalue weighted by atomic mass is 9.67. The zero-order valence-electron chi connectivity index (χ0n) is 36.8. The van der Waals surface area contributed by atoms with Crippen LogP contribution in [0.2, 0.25) is 0 Å². The lowest BCUT2D eigenvalue weighted by Crippen LogP contribution is -2.28. The monoisotopic (exact) mass is 840 g/mol. The van der Waals surface area contributed by atoms with Crippen LogP contribution in [0.4, 0.5) is 0 Å². The molecule has 66 heavy (non-hydrogen) atoms. The lowest BCUT2D eigenvalue weighted by Gasteiger charge is -2.33. The molecule has 2 aliphatic rings. The van der Waals surface area contributed by atoms with Gasteiger partial charge in [-0.2, -0.15) is 0 Å². The van der Waals surface area contributed by atoms with Gasteiger partial charge in [0.15, 0.2) is 5.82 Å². The maximum absolute atomic E-state index is 5.39. The summed E-state index contributed by atoms with van der Waals surface area (Å²) in [5.41, 5.74) is 19.7. The van der Waals surface area contributed by atoms with Crippen LogP contribution in [-0.4, -0.2) is 9.97 Å². The van der Waals surface area contributed by atoms with Crippen molar-refractivity contribution in [3.8, 4) is 67.3 Å². The minimum absolute atomic E-state index is 0.202. The summed E-state index contributed by atoms with van der Waals surface area (Å²) in [7, 11) is 0. The molecule has 310 valence electrons. The lowest BCUT2D eigenvalue weighted by molar-refractivity contribution is 0.668. The Kier molecular flexibility index (Phi) is 8.51. The molecule has 0 N–H and O–H groups in total. The minimum Gasteiger partial charge on any atom is -0.228 e. The summed E-state index contributed by atoms with van der Waals surface area (Å²) in [6.07, 6.45) is 0. The van der Waals surface area contributed by atoms with Gasteiger partial charge in [-0.15, -0.1) is 0 Å². The van der Waals surface area contributed by atoms with Gasteiger partial charge in [-0.3, -0.25) is 0 Å². The van der Waals surface area contributed by atoms with Gasteiger partial charge in [-0.25, -0.2) is 9.97 Å². The molecule has 0 fully saturated rings. The summed E-state index contributed by atoms with van der Waals surface area (Å²) in [6.45, 7) is 4.80. The highest BCUT2D eigenvalue weighted by molar-refractivity contribution is 6.07. The molecule has 1 aromatic heterocycles. The maximum Gasteiger partial charge on any atom is 0.160 e. The van der Waals surface area contributed by atoms with Crippen LogP contribution in [0, 0.1) is 0 Å². The van der Waals surface area contributed by atoms with Crippen LogP contribution in [-0.2, 0) is 10.8 Å². The average Bonchev–Trinajstić information content (AvgIpc) is 3.82. The Morgan fingerprint density at radius 1 is 0.318 bits per heavy atom. The van der Waals surface area contributed by atoms with Crippen molar-refractivity contribution in [1.29, 1.82) is 0 Å². The summed E-state index contributed by atoms with van der Waals surface area (Å²) in [5.74, 6) is 0.702. The molecule has 0 atom stereocenters. The third-order valence-corrected chi connectivity index (χ3v) is 14.5. The fourth-order valence-corrected chi connectivity index (χ4v) is 11.8. The van der Waals surface area contributed by atoms with Crippen molar-refractivity contribution >= 4 is 21.5 Å². The van der Waals surface area contributed by atoms with Crippen molar-refractivity contribution in [1.82, 2.24) is 9.97 Å². The van der Waals surface area contributed by atoms with E-state index in [1.54, 1.807) is 0 Å². The van der Waals surface area contributed by atoms with Gasteiger partial charge in [0.05, 0.1) is 16.8 Å². The fraction of sp³-hybridized carbons (Fsp3) is 0.0625. The Labute approximate surface area is 385 Å². The van der Waals surface area contributed by atoms with Crippen molar-refractivity contribution in [3.63, 3.8) is 0 Å². The van der Waals surface area contributed by atoms with E-state index in [2.05, 4.69) is 238 Å². The number of aromatic nitrogens is 2. The van der Waals surface area contributed by atoms with Crippen molar-refractivity contribution in [2.75, 3.05) is 0 Å². The number of fused-ring (bicyclic) bond motifs is 9. The number of nitrogens with zero attached hydrogens (tertiary/aromatic N) is 2. The van der Waals surface area contributed by atoms with E-state index >= 15 is 0 Å². The van der Waals surface area contributed by atoms with Crippen LogP contribution in [0.3, 0.4) is 0 Å². The summed E-state index contributed by atoms with van der Waals surface area (Å²) >= 11 is 0. The molecule has 2 aliphatic carbocycles. The first-order chi connectivity index (χ1) is 32.5. The number of hydrogen-bond acceptors (Lipinski definition) is 2. The maximum atomic E-state index is 5.39. The zero-order valence-corrected chi connectivity index (χ0v) is 36.8. The third-order valence-electron chi connectivity index (χ3n) is 14.5. The molecule has 0 bridgehead atoms. The van der Waals surface area contributed by atoms with Gasteiger partial charge in [0, 0.05) is 22.1 Å². The molecule has 0 saturated carbocycles. The molecule has 0 saturated heterocycles. The number of benzene rings is 10. The van der Waals surface area contributed by atoms with Crippen molar-refractivity contribution < 1.29 is 0 Å². The van der Waals surface area contributed by atoms with Crippen LogP contribution in [0.15, 0.2) is 231 Å². The van der Waals surface area contributed by atoms with Crippen molar-refractivity contribution in [2.24, 2.45) is 0 Å². The quantitative estimate of drug-likeness (QED) is 0.167. The van der Waals surface area contributed by atoms with E-state index in [1.807, 2.05) is 6.07 Å².